The van der Waals surface area contributed by atoms with Crippen LogP contribution in [-0.2, 0) is 0 Å². The average molecular weight is 206 g/mol. The van der Waals surface area contributed by atoms with E-state index < -0.39 is 0 Å². The molecule has 0 amide bonds. The standard InChI is InChI=1S/C13H22N2/c1-10(2)11(3)14-12-6-8-13(9-7-12)15(4)5/h6-11,14H,1-5H3. The molecule has 2 nitrogen and oxygen atoms in total. The quantitative estimate of drug-likeness (QED) is 0.813. The van der Waals surface area contributed by atoms with Gasteiger partial charge in [-0.3, -0.25) is 0 Å². The van der Waals surface area contributed by atoms with Crippen LogP contribution in [0.15, 0.2) is 24.3 Å². The van der Waals surface area contributed by atoms with E-state index in [0.717, 1.165) is 0 Å². The lowest BCUT2D eigenvalue weighted by Crippen LogP contribution is -2.21. The average Bonchev–Trinajstić information content (AvgIpc) is 2.18. The molecule has 0 spiro atoms. The second kappa shape index (κ2) is 5.06. The molecule has 0 heterocycles. The van der Waals surface area contributed by atoms with Crippen molar-refractivity contribution in [1.29, 1.82) is 0 Å². The normalized spacial score (nSPS) is 12.7. The highest BCUT2D eigenvalue weighted by atomic mass is 15.1. The smallest absolute Gasteiger partial charge is 0.0362 e. The largest absolute Gasteiger partial charge is 0.382 e. The van der Waals surface area contributed by atoms with E-state index >= 15 is 0 Å². The van der Waals surface area contributed by atoms with Crippen LogP contribution in [0.4, 0.5) is 11.4 Å². The Balaban J connectivity index is 2.64. The third-order valence-electron chi connectivity index (χ3n) is 2.78. The minimum Gasteiger partial charge on any atom is -0.382 e. The van der Waals surface area contributed by atoms with Crippen molar-refractivity contribution >= 4 is 11.4 Å². The molecule has 84 valence electrons. The van der Waals surface area contributed by atoms with Gasteiger partial charge in [-0.15, -0.1) is 0 Å². The van der Waals surface area contributed by atoms with Crippen molar-refractivity contribution in [3.63, 3.8) is 0 Å². The third kappa shape index (κ3) is 3.46. The van der Waals surface area contributed by atoms with Gasteiger partial charge in [-0.1, -0.05) is 13.8 Å². The van der Waals surface area contributed by atoms with Crippen LogP contribution in [-0.4, -0.2) is 20.1 Å². The number of nitrogens with zero attached hydrogens (tertiary/aromatic N) is 1. The van der Waals surface area contributed by atoms with E-state index in [1.165, 1.54) is 11.4 Å². The van der Waals surface area contributed by atoms with E-state index in [9.17, 15) is 0 Å². The fourth-order valence-corrected chi connectivity index (χ4v) is 1.29. The maximum Gasteiger partial charge on any atom is 0.0362 e. The van der Waals surface area contributed by atoms with E-state index in [1.807, 2.05) is 0 Å². The Bertz CT molecular complexity index is 288. The summed E-state index contributed by atoms with van der Waals surface area (Å²) in [6, 6.07) is 9.04. The molecule has 0 radical (unpaired) electrons. The summed E-state index contributed by atoms with van der Waals surface area (Å²) in [4.78, 5) is 2.11. The van der Waals surface area contributed by atoms with Crippen LogP contribution < -0.4 is 10.2 Å². The van der Waals surface area contributed by atoms with Crippen LogP contribution >= 0.6 is 0 Å². The van der Waals surface area contributed by atoms with Gasteiger partial charge in [0.25, 0.3) is 0 Å². The van der Waals surface area contributed by atoms with Gasteiger partial charge in [-0.25, -0.2) is 0 Å². The maximum absolute atomic E-state index is 3.49. The lowest BCUT2D eigenvalue weighted by molar-refractivity contribution is 0.560. The van der Waals surface area contributed by atoms with Crippen molar-refractivity contribution in [2.24, 2.45) is 5.92 Å². The zero-order chi connectivity index (χ0) is 11.4. The molecule has 1 rings (SSSR count). The third-order valence-corrected chi connectivity index (χ3v) is 2.78. The van der Waals surface area contributed by atoms with Gasteiger partial charge >= 0.3 is 0 Å². The molecule has 0 bridgehead atoms. The summed E-state index contributed by atoms with van der Waals surface area (Å²) in [5, 5.41) is 3.49. The predicted molar refractivity (Wildman–Crippen MR) is 68.7 cm³/mol. The summed E-state index contributed by atoms with van der Waals surface area (Å²) in [7, 11) is 4.11. The van der Waals surface area contributed by atoms with Crippen LogP contribution in [0.2, 0.25) is 0 Å². The number of nitrogens with one attached hydrogen (secondary N) is 1. The van der Waals surface area contributed by atoms with Crippen LogP contribution in [0.5, 0.6) is 0 Å². The van der Waals surface area contributed by atoms with Gasteiger partial charge in [0, 0.05) is 31.5 Å². The Morgan fingerprint density at radius 1 is 1.00 bits per heavy atom. The summed E-state index contributed by atoms with van der Waals surface area (Å²) >= 11 is 0. The predicted octanol–water partition coefficient (Wildman–Crippen LogP) is 3.21. The van der Waals surface area contributed by atoms with Crippen LogP contribution in [0.3, 0.4) is 0 Å². The van der Waals surface area contributed by atoms with Crippen molar-refractivity contribution in [2.75, 3.05) is 24.3 Å². The molecule has 1 aromatic rings. The van der Waals surface area contributed by atoms with Crippen molar-refractivity contribution in [2.45, 2.75) is 26.8 Å². The van der Waals surface area contributed by atoms with Crippen LogP contribution in [0.1, 0.15) is 20.8 Å². The van der Waals surface area contributed by atoms with Gasteiger partial charge in [0.05, 0.1) is 0 Å². The highest BCUT2D eigenvalue weighted by molar-refractivity contribution is 5.54. The first-order chi connectivity index (χ1) is 7.00. The summed E-state index contributed by atoms with van der Waals surface area (Å²) in [6.45, 7) is 6.67. The topological polar surface area (TPSA) is 15.3 Å². The number of rotatable bonds is 4. The highest BCUT2D eigenvalue weighted by Crippen LogP contribution is 2.17. The van der Waals surface area contributed by atoms with Gasteiger partial charge in [0.2, 0.25) is 0 Å². The minimum atomic E-state index is 0.509. The van der Waals surface area contributed by atoms with Crippen LogP contribution in [0.25, 0.3) is 0 Å². The first-order valence-corrected chi connectivity index (χ1v) is 5.54. The minimum absolute atomic E-state index is 0.509. The fourth-order valence-electron chi connectivity index (χ4n) is 1.29. The number of anilines is 2. The molecule has 2 heteroatoms. The first kappa shape index (κ1) is 11.9. The second-order valence-electron chi connectivity index (χ2n) is 4.62. The molecule has 0 aliphatic rings. The van der Waals surface area contributed by atoms with E-state index in [1.54, 1.807) is 0 Å². The molecule has 0 saturated carbocycles. The molecule has 0 fully saturated rings. The van der Waals surface area contributed by atoms with Gasteiger partial charge in [0.15, 0.2) is 0 Å². The maximum atomic E-state index is 3.49. The fraction of sp³-hybridized carbons (Fsp3) is 0.538. The Labute approximate surface area is 93.3 Å². The number of benzene rings is 1. The molecule has 0 aliphatic carbocycles. The Hall–Kier alpha value is -1.18. The Morgan fingerprint density at radius 3 is 1.93 bits per heavy atom. The summed E-state index contributed by atoms with van der Waals surface area (Å²) in [5.74, 6) is 0.651. The van der Waals surface area contributed by atoms with Crippen molar-refractivity contribution < 1.29 is 0 Å². The number of hydrogen-bond acceptors (Lipinski definition) is 2. The SMILES string of the molecule is CC(C)C(C)Nc1ccc(N(C)C)cc1. The summed E-state index contributed by atoms with van der Waals surface area (Å²) < 4.78 is 0. The Morgan fingerprint density at radius 2 is 1.53 bits per heavy atom. The van der Waals surface area contributed by atoms with Crippen molar-refractivity contribution in [3.8, 4) is 0 Å². The Kier molecular flexibility index (Phi) is 4.01. The molecule has 1 N–H and O–H groups in total. The molecule has 1 aromatic carbocycles. The number of hydrogen-bond donors (Lipinski definition) is 1. The van der Waals surface area contributed by atoms with E-state index in [4.69, 9.17) is 0 Å². The van der Waals surface area contributed by atoms with Gasteiger partial charge < -0.3 is 10.2 Å². The summed E-state index contributed by atoms with van der Waals surface area (Å²) in [5.41, 5.74) is 2.43. The molecule has 0 aromatic heterocycles. The van der Waals surface area contributed by atoms with Crippen molar-refractivity contribution in [3.05, 3.63) is 24.3 Å². The van der Waals surface area contributed by atoms with Gasteiger partial charge in [0.1, 0.15) is 0 Å². The highest BCUT2D eigenvalue weighted by Gasteiger charge is 2.06. The van der Waals surface area contributed by atoms with E-state index in [0.29, 0.717) is 12.0 Å². The molecule has 0 aliphatic heterocycles. The summed E-state index contributed by atoms with van der Waals surface area (Å²) in [6.07, 6.45) is 0. The van der Waals surface area contributed by atoms with E-state index in [-0.39, 0.29) is 0 Å². The zero-order valence-electron chi connectivity index (χ0n) is 10.4. The molecular formula is C13H22N2. The molecule has 15 heavy (non-hydrogen) atoms. The van der Waals surface area contributed by atoms with Crippen LogP contribution in [0, 0.1) is 5.92 Å². The lowest BCUT2D eigenvalue weighted by Gasteiger charge is -2.19. The first-order valence-electron chi connectivity index (χ1n) is 5.54. The molecule has 1 atom stereocenters. The molecular weight excluding hydrogens is 184 g/mol. The second-order valence-corrected chi connectivity index (χ2v) is 4.62. The van der Waals surface area contributed by atoms with E-state index in [2.05, 4.69) is 69.3 Å². The van der Waals surface area contributed by atoms with Gasteiger partial charge in [-0.05, 0) is 37.1 Å². The zero-order valence-corrected chi connectivity index (χ0v) is 10.4. The monoisotopic (exact) mass is 206 g/mol. The lowest BCUT2D eigenvalue weighted by atomic mass is 10.1. The molecule has 0 saturated heterocycles. The van der Waals surface area contributed by atoms with Crippen molar-refractivity contribution in [1.82, 2.24) is 0 Å². The van der Waals surface area contributed by atoms with Gasteiger partial charge in [-0.2, -0.15) is 0 Å². The molecule has 1 unspecified atom stereocenters.